The molecule has 1 aromatic heterocycles. The molecule has 0 fully saturated rings. The van der Waals surface area contributed by atoms with Crippen LogP contribution in [0.5, 0.6) is 0 Å². The summed E-state index contributed by atoms with van der Waals surface area (Å²) < 4.78 is 4.68. The van der Waals surface area contributed by atoms with Crippen molar-refractivity contribution in [3.63, 3.8) is 0 Å². The quantitative estimate of drug-likeness (QED) is 0.454. The Kier molecular flexibility index (Phi) is 5.47. The molecule has 4 nitrogen and oxygen atoms in total. The Morgan fingerprint density at radius 2 is 1.88 bits per heavy atom. The van der Waals surface area contributed by atoms with Crippen molar-refractivity contribution >= 4 is 40.6 Å². The fraction of sp³-hybridized carbons (Fsp3) is 0.0500. The van der Waals surface area contributed by atoms with Crippen LogP contribution in [0.4, 0.5) is 0 Å². The van der Waals surface area contributed by atoms with Crippen LogP contribution in [-0.2, 0) is 4.74 Å². The number of hydrogen-bond donors (Lipinski definition) is 0. The molecule has 128 valence electrons. The van der Waals surface area contributed by atoms with Gasteiger partial charge in [-0.1, -0.05) is 35.9 Å². The van der Waals surface area contributed by atoms with E-state index in [0.717, 1.165) is 16.8 Å². The molecule has 0 N–H and O–H groups in total. The van der Waals surface area contributed by atoms with Crippen LogP contribution in [0.15, 0.2) is 53.9 Å². The van der Waals surface area contributed by atoms with Crippen LogP contribution in [-0.4, -0.2) is 18.1 Å². The van der Waals surface area contributed by atoms with E-state index in [-0.39, 0.29) is 0 Å². The molecule has 0 bridgehead atoms. The predicted molar refractivity (Wildman–Crippen MR) is 104 cm³/mol. The van der Waals surface area contributed by atoms with E-state index < -0.39 is 5.97 Å². The topological polar surface area (TPSA) is 63.0 Å². The third-order valence-corrected chi connectivity index (χ3v) is 4.77. The molecule has 2 aromatic carbocycles. The molecule has 0 unspecified atom stereocenters. The van der Waals surface area contributed by atoms with Gasteiger partial charge in [-0.2, -0.15) is 5.26 Å². The minimum absolute atomic E-state index is 0.395. The van der Waals surface area contributed by atoms with Crippen molar-refractivity contribution in [1.82, 2.24) is 4.98 Å². The van der Waals surface area contributed by atoms with Gasteiger partial charge in [-0.05, 0) is 35.9 Å². The smallest absolute Gasteiger partial charge is 0.337 e. The Morgan fingerprint density at radius 1 is 1.19 bits per heavy atom. The monoisotopic (exact) mass is 380 g/mol. The number of nitrogens with zero attached hydrogens (tertiary/aromatic N) is 2. The predicted octanol–water partition coefficient (Wildman–Crippen LogP) is 5.31. The lowest BCUT2D eigenvalue weighted by atomic mass is 10.1. The molecule has 0 spiro atoms. The van der Waals surface area contributed by atoms with E-state index in [1.807, 2.05) is 17.5 Å². The Bertz CT molecular complexity index is 1000. The van der Waals surface area contributed by atoms with Gasteiger partial charge in [0.15, 0.2) is 0 Å². The van der Waals surface area contributed by atoms with Crippen molar-refractivity contribution in [3.8, 4) is 17.3 Å². The van der Waals surface area contributed by atoms with E-state index in [4.69, 9.17) is 11.6 Å². The number of rotatable bonds is 4. The SMILES string of the molecule is COC(=O)c1ccc(/C=C(/C#N)c2nc(-c3ccc(Cl)cc3)cs2)cc1. The van der Waals surface area contributed by atoms with Crippen molar-refractivity contribution in [2.24, 2.45) is 0 Å². The van der Waals surface area contributed by atoms with Crippen LogP contribution >= 0.6 is 22.9 Å². The average Bonchev–Trinajstić information content (AvgIpc) is 3.16. The summed E-state index contributed by atoms with van der Waals surface area (Å²) in [5, 5.41) is 12.7. The summed E-state index contributed by atoms with van der Waals surface area (Å²) in [7, 11) is 1.34. The van der Waals surface area contributed by atoms with E-state index in [2.05, 4.69) is 15.8 Å². The molecule has 0 saturated carbocycles. The molecule has 0 aliphatic carbocycles. The van der Waals surface area contributed by atoms with Crippen molar-refractivity contribution in [3.05, 3.63) is 75.1 Å². The van der Waals surface area contributed by atoms with Crippen molar-refractivity contribution < 1.29 is 9.53 Å². The molecular weight excluding hydrogens is 368 g/mol. The number of thiazole rings is 1. The summed E-state index contributed by atoms with van der Waals surface area (Å²) in [4.78, 5) is 16.0. The van der Waals surface area contributed by atoms with Crippen LogP contribution in [0.1, 0.15) is 20.9 Å². The highest BCUT2D eigenvalue weighted by molar-refractivity contribution is 7.11. The summed E-state index contributed by atoms with van der Waals surface area (Å²) in [6.45, 7) is 0. The van der Waals surface area contributed by atoms with Gasteiger partial charge in [0, 0.05) is 16.0 Å². The molecule has 0 saturated heterocycles. The van der Waals surface area contributed by atoms with Crippen molar-refractivity contribution in [2.75, 3.05) is 7.11 Å². The standard InChI is InChI=1S/C20H13ClN2O2S/c1-25-20(24)15-4-2-13(3-5-15)10-16(11-22)19-23-18(12-26-19)14-6-8-17(21)9-7-14/h2-10,12H,1H3/b16-10-. The van der Waals surface area contributed by atoms with Gasteiger partial charge in [0.1, 0.15) is 11.1 Å². The lowest BCUT2D eigenvalue weighted by Crippen LogP contribution is -2.00. The Labute approximate surface area is 160 Å². The highest BCUT2D eigenvalue weighted by atomic mass is 35.5. The molecule has 0 aliphatic rings. The number of hydrogen-bond acceptors (Lipinski definition) is 5. The maximum absolute atomic E-state index is 11.5. The van der Waals surface area contributed by atoms with Gasteiger partial charge >= 0.3 is 5.97 Å². The maximum atomic E-state index is 11.5. The second-order valence-corrected chi connectivity index (χ2v) is 6.62. The van der Waals surface area contributed by atoms with Crippen molar-refractivity contribution in [1.29, 1.82) is 5.26 Å². The summed E-state index contributed by atoms with van der Waals surface area (Å²) >= 11 is 7.31. The minimum Gasteiger partial charge on any atom is -0.465 e. The zero-order valence-electron chi connectivity index (χ0n) is 13.8. The summed E-state index contributed by atoms with van der Waals surface area (Å²) in [5.74, 6) is -0.395. The fourth-order valence-corrected chi connectivity index (χ4v) is 3.21. The molecule has 0 aliphatic heterocycles. The summed E-state index contributed by atoms with van der Waals surface area (Å²) in [6, 6.07) is 16.4. The van der Waals surface area contributed by atoms with Gasteiger partial charge < -0.3 is 4.74 Å². The van der Waals surface area contributed by atoms with Gasteiger partial charge in [0.25, 0.3) is 0 Å². The van der Waals surface area contributed by atoms with E-state index in [1.165, 1.54) is 18.4 Å². The van der Waals surface area contributed by atoms with Crippen LogP contribution in [0.3, 0.4) is 0 Å². The number of esters is 1. The maximum Gasteiger partial charge on any atom is 0.337 e. The lowest BCUT2D eigenvalue weighted by Gasteiger charge is -2.00. The molecular formula is C20H13ClN2O2S. The Morgan fingerprint density at radius 3 is 2.50 bits per heavy atom. The number of halogens is 1. The number of carbonyl (C=O) groups excluding carboxylic acids is 1. The second kappa shape index (κ2) is 7.96. The van der Waals surface area contributed by atoms with Gasteiger partial charge in [0.2, 0.25) is 0 Å². The molecule has 6 heteroatoms. The zero-order valence-corrected chi connectivity index (χ0v) is 15.3. The van der Waals surface area contributed by atoms with Crippen LogP contribution in [0.2, 0.25) is 5.02 Å². The Hall–Kier alpha value is -2.94. The first-order valence-corrected chi connectivity index (χ1v) is 8.88. The molecule has 3 rings (SSSR count). The van der Waals surface area contributed by atoms with Crippen LogP contribution in [0, 0.1) is 11.3 Å². The third-order valence-electron chi connectivity index (χ3n) is 3.64. The number of methoxy groups -OCH3 is 1. The average molecular weight is 381 g/mol. The fourth-order valence-electron chi connectivity index (χ4n) is 2.29. The number of nitriles is 1. The molecule has 26 heavy (non-hydrogen) atoms. The zero-order chi connectivity index (χ0) is 18.5. The van der Waals surface area contributed by atoms with E-state index in [0.29, 0.717) is 21.2 Å². The highest BCUT2D eigenvalue weighted by Gasteiger charge is 2.10. The normalized spacial score (nSPS) is 11.0. The molecule has 1 heterocycles. The van der Waals surface area contributed by atoms with Crippen LogP contribution < -0.4 is 0 Å². The molecule has 0 amide bonds. The number of ether oxygens (including phenoxy) is 1. The van der Waals surface area contributed by atoms with Crippen LogP contribution in [0.25, 0.3) is 22.9 Å². The van der Waals surface area contributed by atoms with Gasteiger partial charge in [-0.15, -0.1) is 11.3 Å². The number of allylic oxidation sites excluding steroid dienone is 1. The van der Waals surface area contributed by atoms with Crippen molar-refractivity contribution in [2.45, 2.75) is 0 Å². The van der Waals surface area contributed by atoms with Gasteiger partial charge in [0.05, 0.1) is 23.9 Å². The van der Waals surface area contributed by atoms with E-state index >= 15 is 0 Å². The molecule has 3 aromatic rings. The molecule has 0 radical (unpaired) electrons. The van der Waals surface area contributed by atoms with Gasteiger partial charge in [-0.3, -0.25) is 0 Å². The number of benzene rings is 2. The minimum atomic E-state index is -0.395. The Balaban J connectivity index is 1.87. The first-order valence-electron chi connectivity index (χ1n) is 7.62. The first kappa shape index (κ1) is 17.9. The first-order chi connectivity index (χ1) is 12.6. The largest absolute Gasteiger partial charge is 0.465 e. The third kappa shape index (κ3) is 3.99. The van der Waals surface area contributed by atoms with E-state index in [9.17, 15) is 10.1 Å². The second-order valence-electron chi connectivity index (χ2n) is 5.33. The number of carbonyl (C=O) groups is 1. The summed E-state index contributed by atoms with van der Waals surface area (Å²) in [5.41, 5.74) is 3.46. The van der Waals surface area contributed by atoms with Gasteiger partial charge in [-0.25, -0.2) is 9.78 Å². The lowest BCUT2D eigenvalue weighted by molar-refractivity contribution is 0.0600. The van der Waals surface area contributed by atoms with E-state index in [1.54, 1.807) is 42.5 Å². The highest BCUT2D eigenvalue weighted by Crippen LogP contribution is 2.28. The number of aromatic nitrogens is 1. The molecule has 0 atom stereocenters. The summed E-state index contributed by atoms with van der Waals surface area (Å²) in [6.07, 6.45) is 1.74.